The topological polar surface area (TPSA) is 38.3 Å². The number of hydrogen-bond acceptors (Lipinski definition) is 2. The highest BCUT2D eigenvalue weighted by Crippen LogP contribution is 2.35. The van der Waals surface area contributed by atoms with Crippen LogP contribution in [0.1, 0.15) is 41.3 Å². The summed E-state index contributed by atoms with van der Waals surface area (Å²) >= 11 is 0. The van der Waals surface area contributed by atoms with Crippen LogP contribution in [0.3, 0.4) is 0 Å². The van der Waals surface area contributed by atoms with Crippen LogP contribution < -0.4 is 10.1 Å². The van der Waals surface area contributed by atoms with Crippen molar-refractivity contribution in [1.82, 2.24) is 0 Å². The van der Waals surface area contributed by atoms with Crippen molar-refractivity contribution in [2.24, 2.45) is 0 Å². The number of hydrogen-bond donors (Lipinski definition) is 1. The highest BCUT2D eigenvalue weighted by Gasteiger charge is 2.17. The monoisotopic (exact) mass is 345 g/mol. The average Bonchev–Trinajstić information content (AvgIpc) is 3.09. The molecule has 3 aromatic rings. The van der Waals surface area contributed by atoms with E-state index in [9.17, 15) is 4.79 Å². The predicted octanol–water partition coefficient (Wildman–Crippen LogP) is 5.37. The third kappa shape index (κ3) is 3.17. The van der Waals surface area contributed by atoms with Gasteiger partial charge in [-0.2, -0.15) is 0 Å². The Morgan fingerprint density at radius 2 is 1.77 bits per heavy atom. The molecule has 0 saturated heterocycles. The van der Waals surface area contributed by atoms with Gasteiger partial charge in [-0.3, -0.25) is 4.79 Å². The van der Waals surface area contributed by atoms with Crippen LogP contribution in [0.15, 0.2) is 54.6 Å². The molecule has 3 heteroatoms. The summed E-state index contributed by atoms with van der Waals surface area (Å²) in [5.74, 6) is 0.712. The highest BCUT2D eigenvalue weighted by molar-refractivity contribution is 6.10. The molecule has 1 amide bonds. The van der Waals surface area contributed by atoms with E-state index in [1.807, 2.05) is 30.3 Å². The number of anilines is 1. The van der Waals surface area contributed by atoms with Crippen LogP contribution in [0.5, 0.6) is 5.75 Å². The number of carbonyl (C=O) groups is 1. The minimum absolute atomic E-state index is 0.0937. The molecular formula is C23H23NO2. The summed E-state index contributed by atoms with van der Waals surface area (Å²) in [6, 6.07) is 17.9. The van der Waals surface area contributed by atoms with Gasteiger partial charge in [-0.05, 0) is 66.1 Å². The van der Waals surface area contributed by atoms with E-state index in [-0.39, 0.29) is 5.91 Å². The molecule has 3 nitrogen and oxygen atoms in total. The van der Waals surface area contributed by atoms with E-state index in [1.54, 1.807) is 0 Å². The third-order valence-corrected chi connectivity index (χ3v) is 5.01. The van der Waals surface area contributed by atoms with Crippen molar-refractivity contribution < 1.29 is 9.53 Å². The number of benzene rings is 3. The third-order valence-electron chi connectivity index (χ3n) is 5.01. The maximum Gasteiger partial charge on any atom is 0.255 e. The molecule has 0 saturated carbocycles. The lowest BCUT2D eigenvalue weighted by Gasteiger charge is -2.11. The first-order valence-electron chi connectivity index (χ1n) is 9.34. The van der Waals surface area contributed by atoms with Crippen molar-refractivity contribution in [2.75, 3.05) is 11.9 Å². The van der Waals surface area contributed by atoms with E-state index in [2.05, 4.69) is 36.5 Å². The lowest BCUT2D eigenvalue weighted by molar-refractivity contribution is 0.102. The maximum atomic E-state index is 12.7. The van der Waals surface area contributed by atoms with Crippen molar-refractivity contribution in [1.29, 1.82) is 0 Å². The summed E-state index contributed by atoms with van der Waals surface area (Å²) in [4.78, 5) is 12.7. The fourth-order valence-electron chi connectivity index (χ4n) is 3.59. The molecule has 4 rings (SSSR count). The molecular weight excluding hydrogens is 322 g/mol. The Morgan fingerprint density at radius 1 is 1.00 bits per heavy atom. The normalized spacial score (nSPS) is 12.3. The second-order valence-corrected chi connectivity index (χ2v) is 6.79. The fraction of sp³-hybridized carbons (Fsp3) is 0.261. The van der Waals surface area contributed by atoms with Crippen LogP contribution in [-0.2, 0) is 12.8 Å². The molecule has 0 aliphatic heterocycles. The summed E-state index contributed by atoms with van der Waals surface area (Å²) in [5.41, 5.74) is 4.27. The van der Waals surface area contributed by atoms with Crippen molar-refractivity contribution in [3.8, 4) is 5.75 Å². The van der Waals surface area contributed by atoms with Gasteiger partial charge in [-0.25, -0.2) is 0 Å². The van der Waals surface area contributed by atoms with Gasteiger partial charge in [0.15, 0.2) is 0 Å². The molecule has 3 aromatic carbocycles. The van der Waals surface area contributed by atoms with Crippen LogP contribution in [0.4, 0.5) is 5.69 Å². The summed E-state index contributed by atoms with van der Waals surface area (Å²) in [6.45, 7) is 2.85. The largest absolute Gasteiger partial charge is 0.494 e. The molecule has 0 spiro atoms. The predicted molar refractivity (Wildman–Crippen MR) is 106 cm³/mol. The number of nitrogens with one attached hydrogen (secondary N) is 1. The van der Waals surface area contributed by atoms with Crippen LogP contribution >= 0.6 is 0 Å². The number of carbonyl (C=O) groups excluding carboxylic acids is 1. The second-order valence-electron chi connectivity index (χ2n) is 6.79. The van der Waals surface area contributed by atoms with Gasteiger partial charge in [0.2, 0.25) is 0 Å². The Kier molecular flexibility index (Phi) is 4.61. The van der Waals surface area contributed by atoms with E-state index in [1.165, 1.54) is 16.5 Å². The number of ether oxygens (including phenoxy) is 1. The van der Waals surface area contributed by atoms with Gasteiger partial charge in [0.05, 0.1) is 6.61 Å². The van der Waals surface area contributed by atoms with Gasteiger partial charge in [0.25, 0.3) is 5.91 Å². The Hall–Kier alpha value is -2.81. The minimum Gasteiger partial charge on any atom is -0.494 e. The van der Waals surface area contributed by atoms with Gasteiger partial charge < -0.3 is 10.1 Å². The van der Waals surface area contributed by atoms with Crippen LogP contribution in [0.2, 0.25) is 0 Å². The molecule has 1 N–H and O–H groups in total. The van der Waals surface area contributed by atoms with E-state index in [0.29, 0.717) is 12.2 Å². The molecule has 0 heterocycles. The van der Waals surface area contributed by atoms with Gasteiger partial charge >= 0.3 is 0 Å². The average molecular weight is 345 g/mol. The number of unbranched alkanes of at least 4 members (excludes halogenated alkanes) is 1. The highest BCUT2D eigenvalue weighted by atomic mass is 16.5. The number of aryl methyl sites for hydroxylation is 2. The van der Waals surface area contributed by atoms with E-state index >= 15 is 0 Å². The van der Waals surface area contributed by atoms with E-state index in [0.717, 1.165) is 42.5 Å². The van der Waals surface area contributed by atoms with Gasteiger partial charge in [-0.1, -0.05) is 37.6 Å². The molecule has 132 valence electrons. The van der Waals surface area contributed by atoms with Gasteiger partial charge in [0, 0.05) is 16.6 Å². The molecule has 1 aliphatic rings. The number of amides is 1. The van der Waals surface area contributed by atoms with Crippen molar-refractivity contribution in [2.45, 2.75) is 32.6 Å². The lowest BCUT2D eigenvalue weighted by atomic mass is 10.0. The van der Waals surface area contributed by atoms with Crippen LogP contribution in [0.25, 0.3) is 10.8 Å². The molecule has 26 heavy (non-hydrogen) atoms. The number of rotatable bonds is 6. The van der Waals surface area contributed by atoms with E-state index in [4.69, 9.17) is 4.74 Å². The first-order valence-corrected chi connectivity index (χ1v) is 9.34. The van der Waals surface area contributed by atoms with Crippen molar-refractivity contribution in [3.05, 3.63) is 71.3 Å². The summed E-state index contributed by atoms with van der Waals surface area (Å²) < 4.78 is 5.66. The smallest absolute Gasteiger partial charge is 0.255 e. The molecule has 1 aliphatic carbocycles. The molecule has 0 radical (unpaired) electrons. The summed E-state index contributed by atoms with van der Waals surface area (Å²) in [7, 11) is 0. The minimum atomic E-state index is -0.0937. The zero-order valence-corrected chi connectivity index (χ0v) is 15.0. The van der Waals surface area contributed by atoms with Crippen molar-refractivity contribution in [3.63, 3.8) is 0 Å². The molecule has 0 atom stereocenters. The first kappa shape index (κ1) is 16.6. The second kappa shape index (κ2) is 7.20. The Morgan fingerprint density at radius 3 is 2.54 bits per heavy atom. The molecule has 0 fully saturated rings. The standard InChI is InChI=1S/C23H23NO2/c1-2-3-15-26-19-12-9-18(10-13-19)23(25)24-21-14-11-17-8-7-16-5-4-6-20(21)22(16)17/h4-6,9-14H,2-3,7-8,15H2,1H3,(H,24,25). The van der Waals surface area contributed by atoms with E-state index < -0.39 is 0 Å². The first-order chi connectivity index (χ1) is 12.8. The zero-order chi connectivity index (χ0) is 17.9. The zero-order valence-electron chi connectivity index (χ0n) is 15.0. The van der Waals surface area contributed by atoms with Crippen molar-refractivity contribution >= 4 is 22.4 Å². The quantitative estimate of drug-likeness (QED) is 0.610. The Labute approximate surface area is 154 Å². The van der Waals surface area contributed by atoms with Crippen LogP contribution in [-0.4, -0.2) is 12.5 Å². The van der Waals surface area contributed by atoms with Gasteiger partial charge in [-0.15, -0.1) is 0 Å². The van der Waals surface area contributed by atoms with Gasteiger partial charge in [0.1, 0.15) is 5.75 Å². The molecule has 0 bridgehead atoms. The summed E-state index contributed by atoms with van der Waals surface area (Å²) in [6.07, 6.45) is 4.31. The molecule has 0 aromatic heterocycles. The lowest BCUT2D eigenvalue weighted by Crippen LogP contribution is -2.12. The Balaban J connectivity index is 1.53. The Bertz CT molecular complexity index is 934. The maximum absolute atomic E-state index is 12.7. The SMILES string of the molecule is CCCCOc1ccc(C(=O)Nc2ccc3c4c(cccc24)CC3)cc1. The molecule has 0 unspecified atom stereocenters. The fourth-order valence-corrected chi connectivity index (χ4v) is 3.59. The van der Waals surface area contributed by atoms with Crippen LogP contribution in [0, 0.1) is 0 Å². The summed E-state index contributed by atoms with van der Waals surface area (Å²) in [5, 5.41) is 5.52.